The van der Waals surface area contributed by atoms with E-state index in [1.165, 1.54) is 0 Å². The zero-order chi connectivity index (χ0) is 12.8. The summed E-state index contributed by atoms with van der Waals surface area (Å²) < 4.78 is 16.1. The first-order valence-electron chi connectivity index (χ1n) is 6.06. The van der Waals surface area contributed by atoms with Crippen LogP contribution in [0.3, 0.4) is 0 Å². The van der Waals surface area contributed by atoms with Crippen LogP contribution in [0.15, 0.2) is 34.9 Å². The minimum absolute atomic E-state index is 0.385. The molecular weight excluding hydrogens is 230 g/mol. The summed E-state index contributed by atoms with van der Waals surface area (Å²) in [5.74, 6) is 2.37. The van der Waals surface area contributed by atoms with Crippen molar-refractivity contribution in [1.29, 1.82) is 0 Å². The number of ether oxygens (including phenoxy) is 2. The van der Waals surface area contributed by atoms with E-state index in [4.69, 9.17) is 14.0 Å². The lowest BCUT2D eigenvalue weighted by Crippen LogP contribution is -1.96. The Labute approximate surface area is 107 Å². The van der Waals surface area contributed by atoms with Gasteiger partial charge in [-0.2, -0.15) is 0 Å². The summed E-state index contributed by atoms with van der Waals surface area (Å²) in [6.45, 7) is 5.08. The third kappa shape index (κ3) is 3.52. The lowest BCUT2D eigenvalue weighted by Gasteiger charge is -2.06. The second kappa shape index (κ2) is 6.10. The van der Waals surface area contributed by atoms with Crippen LogP contribution in [0.1, 0.15) is 24.8 Å². The van der Waals surface area contributed by atoms with Gasteiger partial charge < -0.3 is 14.0 Å². The Morgan fingerprint density at radius 2 is 1.78 bits per heavy atom. The van der Waals surface area contributed by atoms with Crippen LogP contribution < -0.4 is 9.47 Å². The van der Waals surface area contributed by atoms with Gasteiger partial charge in [0.05, 0.1) is 12.3 Å². The van der Waals surface area contributed by atoms with Gasteiger partial charge in [0.15, 0.2) is 5.76 Å². The first-order valence-corrected chi connectivity index (χ1v) is 6.06. The topological polar surface area (TPSA) is 44.5 Å². The van der Waals surface area contributed by atoms with Crippen molar-refractivity contribution in [1.82, 2.24) is 5.16 Å². The number of hydrogen-bond donors (Lipinski definition) is 0. The normalized spacial score (nSPS) is 10.3. The minimum atomic E-state index is 0.385. The molecule has 18 heavy (non-hydrogen) atoms. The van der Waals surface area contributed by atoms with E-state index in [0.29, 0.717) is 6.61 Å². The summed E-state index contributed by atoms with van der Waals surface area (Å²) in [5, 5.41) is 3.80. The molecule has 1 aromatic carbocycles. The van der Waals surface area contributed by atoms with Crippen molar-refractivity contribution in [2.24, 2.45) is 0 Å². The zero-order valence-electron chi connectivity index (χ0n) is 10.7. The molecule has 0 aliphatic carbocycles. The van der Waals surface area contributed by atoms with Crippen molar-refractivity contribution in [2.45, 2.75) is 26.9 Å². The summed E-state index contributed by atoms with van der Waals surface area (Å²) in [7, 11) is 0. The van der Waals surface area contributed by atoms with Crippen molar-refractivity contribution in [3.8, 4) is 11.5 Å². The summed E-state index contributed by atoms with van der Waals surface area (Å²) >= 11 is 0. The number of aryl methyl sites for hydroxylation is 1. The van der Waals surface area contributed by atoms with Crippen molar-refractivity contribution in [2.75, 3.05) is 6.61 Å². The van der Waals surface area contributed by atoms with Crippen molar-refractivity contribution < 1.29 is 14.0 Å². The van der Waals surface area contributed by atoms with Gasteiger partial charge in [-0.25, -0.2) is 0 Å². The fraction of sp³-hybridized carbons (Fsp3) is 0.357. The molecule has 4 heteroatoms. The van der Waals surface area contributed by atoms with E-state index in [1.54, 1.807) is 0 Å². The molecule has 0 saturated carbocycles. The molecule has 0 saturated heterocycles. The maximum atomic E-state index is 5.58. The van der Waals surface area contributed by atoms with E-state index in [1.807, 2.05) is 37.3 Å². The molecule has 0 radical (unpaired) electrons. The third-order valence-corrected chi connectivity index (χ3v) is 2.35. The summed E-state index contributed by atoms with van der Waals surface area (Å²) in [4.78, 5) is 0. The quantitative estimate of drug-likeness (QED) is 0.785. The van der Waals surface area contributed by atoms with Crippen molar-refractivity contribution in [3.63, 3.8) is 0 Å². The number of rotatable bonds is 6. The molecule has 0 bridgehead atoms. The third-order valence-electron chi connectivity index (χ3n) is 2.35. The predicted molar refractivity (Wildman–Crippen MR) is 67.8 cm³/mol. The SMILES string of the molecule is CCCOc1ccc(OCc2cc(C)no2)cc1. The van der Waals surface area contributed by atoms with Gasteiger partial charge >= 0.3 is 0 Å². The Balaban J connectivity index is 1.86. The predicted octanol–water partition coefficient (Wildman–Crippen LogP) is 3.35. The van der Waals surface area contributed by atoms with Crippen molar-refractivity contribution >= 4 is 0 Å². The van der Waals surface area contributed by atoms with Crippen LogP contribution in [0.5, 0.6) is 11.5 Å². The highest BCUT2D eigenvalue weighted by molar-refractivity contribution is 5.31. The van der Waals surface area contributed by atoms with Gasteiger partial charge in [0.2, 0.25) is 0 Å². The smallest absolute Gasteiger partial charge is 0.174 e. The molecule has 0 aliphatic rings. The highest BCUT2D eigenvalue weighted by Crippen LogP contribution is 2.18. The lowest BCUT2D eigenvalue weighted by molar-refractivity contribution is 0.248. The second-order valence-corrected chi connectivity index (χ2v) is 4.04. The summed E-state index contributed by atoms with van der Waals surface area (Å²) in [6.07, 6.45) is 1.00. The van der Waals surface area contributed by atoms with Gasteiger partial charge in [-0.05, 0) is 37.6 Å². The molecule has 1 aromatic heterocycles. The maximum absolute atomic E-state index is 5.58. The van der Waals surface area contributed by atoms with E-state index in [9.17, 15) is 0 Å². The van der Waals surface area contributed by atoms with Gasteiger partial charge in [0, 0.05) is 6.07 Å². The molecule has 0 unspecified atom stereocenters. The molecule has 0 aliphatic heterocycles. The number of hydrogen-bond acceptors (Lipinski definition) is 4. The average molecular weight is 247 g/mol. The van der Waals surface area contributed by atoms with Crippen LogP contribution in [0.2, 0.25) is 0 Å². The van der Waals surface area contributed by atoms with E-state index < -0.39 is 0 Å². The maximum Gasteiger partial charge on any atom is 0.174 e. The monoisotopic (exact) mass is 247 g/mol. The molecular formula is C14H17NO3. The molecule has 1 heterocycles. The summed E-state index contributed by atoms with van der Waals surface area (Å²) in [5.41, 5.74) is 0.858. The van der Waals surface area contributed by atoms with Crippen LogP contribution in [-0.2, 0) is 6.61 Å². The standard InChI is InChI=1S/C14H17NO3/c1-3-8-16-12-4-6-13(7-5-12)17-10-14-9-11(2)15-18-14/h4-7,9H,3,8,10H2,1-2H3. The molecule has 2 aromatic rings. The zero-order valence-corrected chi connectivity index (χ0v) is 10.7. The fourth-order valence-electron chi connectivity index (χ4n) is 1.49. The van der Waals surface area contributed by atoms with Crippen LogP contribution in [0.25, 0.3) is 0 Å². The fourth-order valence-corrected chi connectivity index (χ4v) is 1.49. The molecule has 0 spiro atoms. The summed E-state index contributed by atoms with van der Waals surface area (Å²) in [6, 6.07) is 9.43. The van der Waals surface area contributed by atoms with Gasteiger partial charge in [-0.3, -0.25) is 0 Å². The molecule has 0 amide bonds. The van der Waals surface area contributed by atoms with E-state index in [-0.39, 0.29) is 0 Å². The van der Waals surface area contributed by atoms with Crippen molar-refractivity contribution in [3.05, 3.63) is 41.8 Å². The second-order valence-electron chi connectivity index (χ2n) is 4.04. The van der Waals surface area contributed by atoms with Crippen LogP contribution >= 0.6 is 0 Å². The molecule has 96 valence electrons. The molecule has 0 fully saturated rings. The van der Waals surface area contributed by atoms with Crippen LogP contribution in [0, 0.1) is 6.92 Å². The Hall–Kier alpha value is -1.97. The highest BCUT2D eigenvalue weighted by Gasteiger charge is 2.02. The molecule has 2 rings (SSSR count). The lowest BCUT2D eigenvalue weighted by atomic mass is 10.3. The largest absolute Gasteiger partial charge is 0.494 e. The Morgan fingerprint density at radius 3 is 2.33 bits per heavy atom. The average Bonchev–Trinajstić information content (AvgIpc) is 2.81. The number of nitrogens with zero attached hydrogens (tertiary/aromatic N) is 1. The first kappa shape index (κ1) is 12.5. The first-order chi connectivity index (χ1) is 8.78. The van der Waals surface area contributed by atoms with Crippen LogP contribution in [0.4, 0.5) is 0 Å². The minimum Gasteiger partial charge on any atom is -0.494 e. The number of aromatic nitrogens is 1. The van der Waals surface area contributed by atoms with E-state index in [0.717, 1.165) is 36.0 Å². The number of benzene rings is 1. The van der Waals surface area contributed by atoms with Gasteiger partial charge in [0.1, 0.15) is 18.1 Å². The van der Waals surface area contributed by atoms with E-state index in [2.05, 4.69) is 12.1 Å². The molecule has 0 atom stereocenters. The van der Waals surface area contributed by atoms with Gasteiger partial charge in [0.25, 0.3) is 0 Å². The highest BCUT2D eigenvalue weighted by atomic mass is 16.5. The molecule has 0 N–H and O–H groups in total. The molecule has 4 nitrogen and oxygen atoms in total. The Bertz CT molecular complexity index is 476. The van der Waals surface area contributed by atoms with Gasteiger partial charge in [-0.1, -0.05) is 12.1 Å². The van der Waals surface area contributed by atoms with E-state index >= 15 is 0 Å². The van der Waals surface area contributed by atoms with Crippen LogP contribution in [-0.4, -0.2) is 11.8 Å². The Morgan fingerprint density at radius 1 is 1.11 bits per heavy atom. The van der Waals surface area contributed by atoms with Gasteiger partial charge in [-0.15, -0.1) is 0 Å². The Kier molecular flexibility index (Phi) is 4.23.